The van der Waals surface area contributed by atoms with Crippen molar-refractivity contribution < 1.29 is 4.74 Å². The minimum atomic E-state index is 0.638. The van der Waals surface area contributed by atoms with Gasteiger partial charge in [-0.1, -0.05) is 0 Å². The maximum Gasteiger partial charge on any atom is 0.147 e. The predicted octanol–water partition coefficient (Wildman–Crippen LogP) is 0.543. The molecular formula is C8H16N4O. The molecule has 0 aliphatic carbocycles. The fraction of sp³-hybridized carbons (Fsp3) is 0.625. The molecule has 1 aromatic rings. The average Bonchev–Trinajstić information content (AvgIpc) is 2.46. The molecule has 3 N–H and O–H groups in total. The molecular weight excluding hydrogens is 168 g/mol. The van der Waals surface area contributed by atoms with Crippen LogP contribution in [0.1, 0.15) is 6.92 Å². The van der Waals surface area contributed by atoms with E-state index in [2.05, 4.69) is 10.4 Å². The summed E-state index contributed by atoms with van der Waals surface area (Å²) in [5, 5.41) is 7.27. The van der Waals surface area contributed by atoms with Crippen LogP contribution < -0.4 is 11.1 Å². The number of nitrogens with two attached hydrogens (primary N) is 1. The molecule has 5 nitrogen and oxygen atoms in total. The van der Waals surface area contributed by atoms with Crippen LogP contribution in [0.15, 0.2) is 6.20 Å². The van der Waals surface area contributed by atoms with Gasteiger partial charge in [0.2, 0.25) is 0 Å². The summed E-state index contributed by atoms with van der Waals surface area (Å²) in [5.74, 6) is 0.875. The molecule has 74 valence electrons. The van der Waals surface area contributed by atoms with Crippen LogP contribution in [0.2, 0.25) is 0 Å². The highest BCUT2D eigenvalue weighted by Gasteiger charge is 2.05. The van der Waals surface area contributed by atoms with E-state index in [9.17, 15) is 0 Å². The molecule has 0 unspecified atom stereocenters. The van der Waals surface area contributed by atoms with Crippen LogP contribution in [-0.4, -0.2) is 30.0 Å². The Kier molecular flexibility index (Phi) is 3.57. The molecule has 0 aliphatic heterocycles. The second kappa shape index (κ2) is 4.71. The van der Waals surface area contributed by atoms with Crippen LogP contribution >= 0.6 is 0 Å². The molecule has 0 atom stereocenters. The third kappa shape index (κ3) is 2.35. The van der Waals surface area contributed by atoms with Crippen molar-refractivity contribution in [3.05, 3.63) is 6.20 Å². The van der Waals surface area contributed by atoms with Gasteiger partial charge in [0.05, 0.1) is 25.0 Å². The zero-order chi connectivity index (χ0) is 9.68. The predicted molar refractivity (Wildman–Crippen MR) is 52.7 cm³/mol. The van der Waals surface area contributed by atoms with Gasteiger partial charge in [0.15, 0.2) is 0 Å². The van der Waals surface area contributed by atoms with Crippen molar-refractivity contribution >= 4 is 11.5 Å². The fourth-order valence-electron chi connectivity index (χ4n) is 1.11. The largest absolute Gasteiger partial charge is 0.394 e. The third-order valence-corrected chi connectivity index (χ3v) is 1.72. The third-order valence-electron chi connectivity index (χ3n) is 1.72. The monoisotopic (exact) mass is 184 g/mol. The number of methoxy groups -OCH3 is 1. The van der Waals surface area contributed by atoms with E-state index in [0.717, 1.165) is 18.9 Å². The Hall–Kier alpha value is -1.23. The number of nitrogens with zero attached hydrogens (tertiary/aromatic N) is 2. The van der Waals surface area contributed by atoms with E-state index >= 15 is 0 Å². The smallest absolute Gasteiger partial charge is 0.147 e. The SMILES string of the molecule is CCNc1c(N)cnn1CCOC. The number of aromatic nitrogens is 2. The van der Waals surface area contributed by atoms with Crippen molar-refractivity contribution in [2.75, 3.05) is 31.3 Å². The first-order valence-electron chi connectivity index (χ1n) is 4.33. The summed E-state index contributed by atoms with van der Waals surface area (Å²) in [6.45, 7) is 4.21. The minimum Gasteiger partial charge on any atom is -0.394 e. The van der Waals surface area contributed by atoms with Gasteiger partial charge in [-0.05, 0) is 6.92 Å². The standard InChI is InChI=1S/C8H16N4O/c1-3-10-8-7(9)6-11-12(8)4-5-13-2/h6,10H,3-5,9H2,1-2H3. The van der Waals surface area contributed by atoms with E-state index in [1.54, 1.807) is 13.3 Å². The summed E-state index contributed by atoms with van der Waals surface area (Å²) in [7, 11) is 1.67. The number of nitrogen functional groups attached to an aromatic ring is 1. The van der Waals surface area contributed by atoms with Gasteiger partial charge in [-0.25, -0.2) is 4.68 Å². The molecule has 0 spiro atoms. The van der Waals surface area contributed by atoms with Crippen molar-refractivity contribution in [3.8, 4) is 0 Å². The van der Waals surface area contributed by atoms with Crippen LogP contribution in [0.3, 0.4) is 0 Å². The fourth-order valence-corrected chi connectivity index (χ4v) is 1.11. The Labute approximate surface area is 77.9 Å². The number of nitrogens with one attached hydrogen (secondary N) is 1. The Morgan fingerprint density at radius 3 is 3.08 bits per heavy atom. The first-order chi connectivity index (χ1) is 6.29. The summed E-state index contributed by atoms with van der Waals surface area (Å²) in [4.78, 5) is 0. The van der Waals surface area contributed by atoms with Gasteiger partial charge in [-0.15, -0.1) is 0 Å². The Morgan fingerprint density at radius 1 is 1.69 bits per heavy atom. The first kappa shape index (κ1) is 9.85. The second-order valence-electron chi connectivity index (χ2n) is 2.69. The van der Waals surface area contributed by atoms with Crippen LogP contribution in [0.25, 0.3) is 0 Å². The number of ether oxygens (including phenoxy) is 1. The van der Waals surface area contributed by atoms with E-state index < -0.39 is 0 Å². The molecule has 1 aromatic heterocycles. The molecule has 0 aromatic carbocycles. The summed E-state index contributed by atoms with van der Waals surface area (Å²) >= 11 is 0. The number of hydrogen-bond acceptors (Lipinski definition) is 4. The molecule has 1 heterocycles. The van der Waals surface area contributed by atoms with E-state index in [1.165, 1.54) is 0 Å². The molecule has 0 aliphatic rings. The Bertz CT molecular complexity index is 259. The number of rotatable bonds is 5. The lowest BCUT2D eigenvalue weighted by atomic mass is 10.5. The van der Waals surface area contributed by atoms with E-state index in [4.69, 9.17) is 10.5 Å². The Morgan fingerprint density at radius 2 is 2.46 bits per heavy atom. The molecule has 0 saturated carbocycles. The van der Waals surface area contributed by atoms with E-state index in [-0.39, 0.29) is 0 Å². The van der Waals surface area contributed by atoms with Gasteiger partial charge in [-0.3, -0.25) is 0 Å². The molecule has 0 saturated heterocycles. The molecule has 0 fully saturated rings. The van der Waals surface area contributed by atoms with Crippen molar-refractivity contribution in [1.82, 2.24) is 9.78 Å². The molecule has 1 rings (SSSR count). The van der Waals surface area contributed by atoms with Gasteiger partial charge >= 0.3 is 0 Å². The minimum absolute atomic E-state index is 0.638. The highest BCUT2D eigenvalue weighted by Crippen LogP contribution is 2.16. The van der Waals surface area contributed by atoms with Gasteiger partial charge < -0.3 is 15.8 Å². The van der Waals surface area contributed by atoms with Crippen LogP contribution in [0.5, 0.6) is 0 Å². The molecule has 0 radical (unpaired) electrons. The number of anilines is 2. The van der Waals surface area contributed by atoms with Gasteiger partial charge in [-0.2, -0.15) is 5.10 Å². The van der Waals surface area contributed by atoms with Crippen molar-refractivity contribution in [2.24, 2.45) is 0 Å². The lowest BCUT2D eigenvalue weighted by molar-refractivity contribution is 0.184. The molecule has 5 heteroatoms. The molecule has 0 amide bonds. The van der Waals surface area contributed by atoms with E-state index in [0.29, 0.717) is 12.3 Å². The van der Waals surface area contributed by atoms with Crippen molar-refractivity contribution in [3.63, 3.8) is 0 Å². The number of hydrogen-bond donors (Lipinski definition) is 2. The van der Waals surface area contributed by atoms with Crippen molar-refractivity contribution in [2.45, 2.75) is 13.5 Å². The van der Waals surface area contributed by atoms with Gasteiger partial charge in [0.25, 0.3) is 0 Å². The highest BCUT2D eigenvalue weighted by atomic mass is 16.5. The lowest BCUT2D eigenvalue weighted by Crippen LogP contribution is -2.11. The van der Waals surface area contributed by atoms with Gasteiger partial charge in [0, 0.05) is 13.7 Å². The van der Waals surface area contributed by atoms with Gasteiger partial charge in [0.1, 0.15) is 5.82 Å². The summed E-state index contributed by atoms with van der Waals surface area (Å²) in [6.07, 6.45) is 1.65. The lowest BCUT2D eigenvalue weighted by Gasteiger charge is -2.08. The second-order valence-corrected chi connectivity index (χ2v) is 2.69. The maximum absolute atomic E-state index is 5.71. The van der Waals surface area contributed by atoms with E-state index in [1.807, 2.05) is 11.6 Å². The summed E-state index contributed by atoms with van der Waals surface area (Å²) < 4.78 is 6.77. The topological polar surface area (TPSA) is 65.1 Å². The molecule has 13 heavy (non-hydrogen) atoms. The van der Waals surface area contributed by atoms with Crippen LogP contribution in [0.4, 0.5) is 11.5 Å². The quantitative estimate of drug-likeness (QED) is 0.701. The summed E-state index contributed by atoms with van der Waals surface area (Å²) in [5.41, 5.74) is 6.39. The first-order valence-corrected chi connectivity index (χ1v) is 4.33. The Balaban J connectivity index is 2.68. The van der Waals surface area contributed by atoms with Crippen LogP contribution in [-0.2, 0) is 11.3 Å². The van der Waals surface area contributed by atoms with Crippen LogP contribution in [0, 0.1) is 0 Å². The molecule has 0 bridgehead atoms. The zero-order valence-corrected chi connectivity index (χ0v) is 8.08. The van der Waals surface area contributed by atoms with Crippen molar-refractivity contribution in [1.29, 1.82) is 0 Å². The summed E-state index contributed by atoms with van der Waals surface area (Å²) in [6, 6.07) is 0. The zero-order valence-electron chi connectivity index (χ0n) is 8.08. The highest BCUT2D eigenvalue weighted by molar-refractivity contribution is 5.60. The average molecular weight is 184 g/mol. The maximum atomic E-state index is 5.71. The normalized spacial score (nSPS) is 10.3.